The predicted molar refractivity (Wildman–Crippen MR) is 73.2 cm³/mol. The Bertz CT molecular complexity index is 497. The smallest absolute Gasteiger partial charge is 0.331 e. The summed E-state index contributed by atoms with van der Waals surface area (Å²) in [4.78, 5) is 11.3. The van der Waals surface area contributed by atoms with Crippen LogP contribution in [0.5, 0.6) is 0 Å². The molecule has 0 aliphatic heterocycles. The van der Waals surface area contributed by atoms with E-state index in [9.17, 15) is 9.90 Å². The van der Waals surface area contributed by atoms with Crippen LogP contribution in [0, 0.1) is 5.92 Å². The highest BCUT2D eigenvalue weighted by molar-refractivity contribution is 5.97. The van der Waals surface area contributed by atoms with Crippen LogP contribution in [0.2, 0.25) is 0 Å². The van der Waals surface area contributed by atoms with E-state index in [-0.39, 0.29) is 0 Å². The van der Waals surface area contributed by atoms with Crippen LogP contribution in [0.4, 0.5) is 0 Å². The van der Waals surface area contributed by atoms with Crippen molar-refractivity contribution >= 4 is 11.5 Å². The number of carbonyl (C=O) groups is 1. The van der Waals surface area contributed by atoms with Crippen molar-refractivity contribution in [3.05, 3.63) is 53.6 Å². The molecule has 0 radical (unpaired) electrons. The lowest BCUT2D eigenvalue weighted by Gasteiger charge is -2.26. The van der Waals surface area contributed by atoms with Crippen molar-refractivity contribution in [1.82, 2.24) is 0 Å². The number of allylic oxidation sites excluding steroid dienone is 2. The van der Waals surface area contributed by atoms with Gasteiger partial charge in [-0.15, -0.1) is 0 Å². The summed E-state index contributed by atoms with van der Waals surface area (Å²) in [6, 6.07) is 9.82. The summed E-state index contributed by atoms with van der Waals surface area (Å²) < 4.78 is 0. The van der Waals surface area contributed by atoms with Gasteiger partial charge in [0.15, 0.2) is 0 Å². The zero-order chi connectivity index (χ0) is 13.1. The van der Waals surface area contributed by atoms with Crippen LogP contribution in [-0.2, 0) is 4.79 Å². The minimum Gasteiger partial charge on any atom is -0.478 e. The summed E-state index contributed by atoms with van der Waals surface area (Å²) in [5.41, 5.74) is 3.72. The van der Waals surface area contributed by atoms with E-state index in [1.807, 2.05) is 37.3 Å². The van der Waals surface area contributed by atoms with Crippen molar-refractivity contribution in [1.29, 1.82) is 0 Å². The van der Waals surface area contributed by atoms with Crippen LogP contribution in [0.3, 0.4) is 0 Å². The molecule has 0 saturated carbocycles. The van der Waals surface area contributed by atoms with E-state index in [0.29, 0.717) is 17.9 Å². The van der Waals surface area contributed by atoms with Crippen LogP contribution in [0.1, 0.15) is 31.7 Å². The van der Waals surface area contributed by atoms with Gasteiger partial charge in [-0.1, -0.05) is 42.5 Å². The summed E-state index contributed by atoms with van der Waals surface area (Å²) in [6.07, 6.45) is 2.32. The first-order valence-electron chi connectivity index (χ1n) is 6.25. The van der Waals surface area contributed by atoms with Crippen molar-refractivity contribution in [2.24, 2.45) is 5.92 Å². The quantitative estimate of drug-likeness (QED) is 0.816. The molecule has 1 aromatic rings. The van der Waals surface area contributed by atoms with Gasteiger partial charge in [-0.2, -0.15) is 0 Å². The van der Waals surface area contributed by atoms with E-state index < -0.39 is 5.97 Å². The van der Waals surface area contributed by atoms with Gasteiger partial charge in [-0.3, -0.25) is 0 Å². The average molecular weight is 242 g/mol. The Morgan fingerprint density at radius 1 is 1.33 bits per heavy atom. The molecule has 1 aliphatic carbocycles. The Hall–Kier alpha value is -1.83. The summed E-state index contributed by atoms with van der Waals surface area (Å²) in [7, 11) is 0. The third-order valence-electron chi connectivity index (χ3n) is 3.63. The largest absolute Gasteiger partial charge is 0.478 e. The number of benzene rings is 1. The van der Waals surface area contributed by atoms with Crippen molar-refractivity contribution in [3.63, 3.8) is 0 Å². The van der Waals surface area contributed by atoms with Crippen LogP contribution >= 0.6 is 0 Å². The van der Waals surface area contributed by atoms with E-state index in [1.54, 1.807) is 0 Å². The molecule has 2 heteroatoms. The molecule has 0 aromatic heterocycles. The first kappa shape index (κ1) is 12.6. The maximum Gasteiger partial charge on any atom is 0.331 e. The van der Waals surface area contributed by atoms with Gasteiger partial charge in [-0.05, 0) is 43.2 Å². The highest BCUT2D eigenvalue weighted by atomic mass is 16.4. The van der Waals surface area contributed by atoms with Gasteiger partial charge in [0, 0.05) is 5.57 Å². The lowest BCUT2D eigenvalue weighted by molar-refractivity contribution is -0.132. The SMILES string of the molecule is C=C(C)[C@@H]1CCC(C(=O)O)=C(c2ccccc2)C1. The van der Waals surface area contributed by atoms with E-state index in [2.05, 4.69) is 6.58 Å². The van der Waals surface area contributed by atoms with Crippen LogP contribution in [0.15, 0.2) is 48.1 Å². The Balaban J connectivity index is 2.42. The standard InChI is InChI=1S/C16H18O2/c1-11(2)13-8-9-14(16(17)18)15(10-13)12-6-4-3-5-7-12/h3-7,13H,1,8-10H2,2H3,(H,17,18)/t13-/m1/s1. The number of carboxylic acids is 1. The minimum atomic E-state index is -0.783. The van der Waals surface area contributed by atoms with Crippen molar-refractivity contribution in [3.8, 4) is 0 Å². The Labute approximate surface area is 108 Å². The number of carboxylic acid groups (broad SMARTS) is 1. The molecule has 0 saturated heterocycles. The molecule has 1 aliphatic rings. The molecule has 0 unspecified atom stereocenters. The van der Waals surface area contributed by atoms with Gasteiger partial charge < -0.3 is 5.11 Å². The third kappa shape index (κ3) is 2.53. The fourth-order valence-corrected chi connectivity index (χ4v) is 2.53. The second kappa shape index (κ2) is 5.21. The molecule has 18 heavy (non-hydrogen) atoms. The molecule has 94 valence electrons. The molecule has 2 rings (SSSR count). The van der Waals surface area contributed by atoms with Gasteiger partial charge in [-0.25, -0.2) is 4.79 Å². The highest BCUT2D eigenvalue weighted by Gasteiger charge is 2.25. The van der Waals surface area contributed by atoms with Crippen LogP contribution in [-0.4, -0.2) is 11.1 Å². The summed E-state index contributed by atoms with van der Waals surface area (Å²) >= 11 is 0. The second-order valence-electron chi connectivity index (χ2n) is 4.91. The lowest BCUT2D eigenvalue weighted by atomic mass is 9.78. The first-order chi connectivity index (χ1) is 8.59. The molecule has 1 atom stereocenters. The van der Waals surface area contributed by atoms with E-state index in [4.69, 9.17) is 0 Å². The Morgan fingerprint density at radius 3 is 2.56 bits per heavy atom. The molecule has 1 aromatic carbocycles. The first-order valence-corrected chi connectivity index (χ1v) is 6.25. The molecular formula is C16H18O2. The van der Waals surface area contributed by atoms with Crippen molar-refractivity contribution in [2.75, 3.05) is 0 Å². The topological polar surface area (TPSA) is 37.3 Å². The lowest BCUT2D eigenvalue weighted by Crippen LogP contribution is -2.15. The summed E-state index contributed by atoms with van der Waals surface area (Å²) in [5, 5.41) is 9.31. The molecule has 1 N–H and O–H groups in total. The molecule has 0 spiro atoms. The van der Waals surface area contributed by atoms with Gasteiger partial charge >= 0.3 is 5.97 Å². The zero-order valence-electron chi connectivity index (χ0n) is 10.6. The molecule has 0 heterocycles. The van der Waals surface area contributed by atoms with E-state index in [0.717, 1.165) is 29.6 Å². The van der Waals surface area contributed by atoms with Crippen molar-refractivity contribution < 1.29 is 9.90 Å². The summed E-state index contributed by atoms with van der Waals surface area (Å²) in [5.74, 6) is -0.377. The zero-order valence-corrected chi connectivity index (χ0v) is 10.6. The molecular weight excluding hydrogens is 224 g/mol. The maximum absolute atomic E-state index is 11.3. The fraction of sp³-hybridized carbons (Fsp3) is 0.312. The van der Waals surface area contributed by atoms with Gasteiger partial charge in [0.25, 0.3) is 0 Å². The Morgan fingerprint density at radius 2 is 2.00 bits per heavy atom. The highest BCUT2D eigenvalue weighted by Crippen LogP contribution is 2.38. The van der Waals surface area contributed by atoms with Crippen LogP contribution < -0.4 is 0 Å². The van der Waals surface area contributed by atoms with Crippen LogP contribution in [0.25, 0.3) is 5.57 Å². The monoisotopic (exact) mass is 242 g/mol. The molecule has 0 bridgehead atoms. The summed E-state index contributed by atoms with van der Waals surface area (Å²) in [6.45, 7) is 6.03. The molecule has 0 amide bonds. The Kier molecular flexibility index (Phi) is 3.66. The predicted octanol–water partition coefficient (Wildman–Crippen LogP) is 3.90. The van der Waals surface area contributed by atoms with Gasteiger partial charge in [0.1, 0.15) is 0 Å². The molecule has 0 fully saturated rings. The van der Waals surface area contributed by atoms with Gasteiger partial charge in [0.2, 0.25) is 0 Å². The second-order valence-corrected chi connectivity index (χ2v) is 4.91. The molecule has 2 nitrogen and oxygen atoms in total. The van der Waals surface area contributed by atoms with E-state index in [1.165, 1.54) is 0 Å². The third-order valence-corrected chi connectivity index (χ3v) is 3.63. The minimum absolute atomic E-state index is 0.406. The van der Waals surface area contributed by atoms with E-state index >= 15 is 0 Å². The normalized spacial score (nSPS) is 19.7. The number of aliphatic carboxylic acids is 1. The number of hydrogen-bond donors (Lipinski definition) is 1. The number of rotatable bonds is 3. The van der Waals surface area contributed by atoms with Gasteiger partial charge in [0.05, 0.1) is 0 Å². The average Bonchev–Trinajstić information content (AvgIpc) is 2.39. The maximum atomic E-state index is 11.3. The van der Waals surface area contributed by atoms with Crippen molar-refractivity contribution in [2.45, 2.75) is 26.2 Å². The fourth-order valence-electron chi connectivity index (χ4n) is 2.53. The number of hydrogen-bond acceptors (Lipinski definition) is 1.